The van der Waals surface area contributed by atoms with Gasteiger partial charge in [-0.25, -0.2) is 4.99 Å². The molecule has 3 aromatic rings. The number of hydrogen-bond donors (Lipinski definition) is 0. The summed E-state index contributed by atoms with van der Waals surface area (Å²) in [5.41, 5.74) is 0.144. The van der Waals surface area contributed by atoms with Crippen LogP contribution in [-0.4, -0.2) is 11.6 Å². The lowest BCUT2D eigenvalue weighted by atomic mass is 9.99. The van der Waals surface area contributed by atoms with Crippen molar-refractivity contribution in [2.75, 3.05) is 0 Å². The Morgan fingerprint density at radius 1 is 1.12 bits per heavy atom. The first kappa shape index (κ1) is 17.4. The molecule has 0 saturated heterocycles. The maximum absolute atomic E-state index is 13.6. The summed E-state index contributed by atoms with van der Waals surface area (Å²) in [7, 11) is 0. The number of furan rings is 1. The van der Waals surface area contributed by atoms with Gasteiger partial charge in [-0.15, -0.1) is 0 Å². The first-order chi connectivity index (χ1) is 11.8. The Bertz CT molecular complexity index is 975. The maximum Gasteiger partial charge on any atom is 0.450 e. The average Bonchev–Trinajstić information content (AvgIpc) is 2.92. The molecular formula is C18H11BrF3NO2. The third kappa shape index (κ3) is 3.51. The van der Waals surface area contributed by atoms with E-state index in [4.69, 9.17) is 4.42 Å². The highest BCUT2D eigenvalue weighted by atomic mass is 79.9. The highest BCUT2D eigenvalue weighted by Crippen LogP contribution is 2.40. The van der Waals surface area contributed by atoms with Gasteiger partial charge in [0.15, 0.2) is 0 Å². The van der Waals surface area contributed by atoms with E-state index in [-0.39, 0.29) is 22.2 Å². The van der Waals surface area contributed by atoms with Crippen molar-refractivity contribution in [2.45, 2.75) is 13.1 Å². The number of carbonyl (C=O) groups excluding carboxylic acids is 1. The van der Waals surface area contributed by atoms with Crippen molar-refractivity contribution in [3.63, 3.8) is 0 Å². The van der Waals surface area contributed by atoms with Crippen LogP contribution in [0.25, 0.3) is 11.0 Å². The van der Waals surface area contributed by atoms with Crippen LogP contribution in [0.4, 0.5) is 13.2 Å². The molecule has 0 unspecified atom stereocenters. The zero-order valence-corrected chi connectivity index (χ0v) is 14.5. The normalized spacial score (nSPS) is 12.6. The molecule has 0 spiro atoms. The van der Waals surface area contributed by atoms with Crippen LogP contribution in [0, 0.1) is 0 Å². The van der Waals surface area contributed by atoms with Crippen molar-refractivity contribution in [3.8, 4) is 0 Å². The summed E-state index contributed by atoms with van der Waals surface area (Å²) >= 11 is 3.25. The zero-order chi connectivity index (χ0) is 18.2. The SMILES string of the molecule is CC(=O)N=C(c1ccccc1)c1c(C(F)(F)F)oc2ccc(Br)cc12. The molecule has 0 atom stereocenters. The molecule has 0 N–H and O–H groups in total. The molecule has 2 aromatic carbocycles. The van der Waals surface area contributed by atoms with Crippen LogP contribution >= 0.6 is 15.9 Å². The van der Waals surface area contributed by atoms with Gasteiger partial charge in [-0.1, -0.05) is 46.3 Å². The van der Waals surface area contributed by atoms with Crippen molar-refractivity contribution in [3.05, 3.63) is 69.9 Å². The van der Waals surface area contributed by atoms with E-state index in [1.54, 1.807) is 36.4 Å². The molecule has 0 aliphatic heterocycles. The first-order valence-electron chi connectivity index (χ1n) is 7.21. The molecule has 3 rings (SSSR count). The Labute approximate surface area is 149 Å². The Morgan fingerprint density at radius 3 is 2.40 bits per heavy atom. The molecule has 0 radical (unpaired) electrons. The second-order valence-electron chi connectivity index (χ2n) is 5.29. The minimum absolute atomic E-state index is 0.0673. The highest BCUT2D eigenvalue weighted by Gasteiger charge is 2.40. The van der Waals surface area contributed by atoms with Gasteiger partial charge in [-0.3, -0.25) is 4.79 Å². The van der Waals surface area contributed by atoms with E-state index in [2.05, 4.69) is 20.9 Å². The number of rotatable bonds is 2. The minimum atomic E-state index is -4.73. The molecule has 25 heavy (non-hydrogen) atoms. The summed E-state index contributed by atoms with van der Waals surface area (Å²) in [6, 6.07) is 12.8. The van der Waals surface area contributed by atoms with Gasteiger partial charge in [0.1, 0.15) is 5.58 Å². The molecule has 0 saturated carbocycles. The molecule has 1 heterocycles. The molecule has 1 aromatic heterocycles. The van der Waals surface area contributed by atoms with Crippen molar-refractivity contribution in [1.29, 1.82) is 0 Å². The van der Waals surface area contributed by atoms with Gasteiger partial charge in [0.25, 0.3) is 0 Å². The Balaban J connectivity index is 2.41. The van der Waals surface area contributed by atoms with Crippen molar-refractivity contribution in [2.24, 2.45) is 4.99 Å². The number of carbonyl (C=O) groups is 1. The fraction of sp³-hybridized carbons (Fsp3) is 0.111. The van der Waals surface area contributed by atoms with Gasteiger partial charge >= 0.3 is 6.18 Å². The summed E-state index contributed by atoms with van der Waals surface area (Å²) in [5, 5.41) is 0.227. The molecule has 0 aliphatic rings. The van der Waals surface area contributed by atoms with Gasteiger partial charge < -0.3 is 4.42 Å². The molecule has 7 heteroatoms. The molecule has 0 bridgehead atoms. The number of hydrogen-bond acceptors (Lipinski definition) is 2. The molecular weight excluding hydrogens is 399 g/mol. The van der Waals surface area contributed by atoms with Crippen LogP contribution in [0.3, 0.4) is 0 Å². The van der Waals surface area contributed by atoms with Gasteiger partial charge in [-0.2, -0.15) is 13.2 Å². The van der Waals surface area contributed by atoms with E-state index < -0.39 is 17.8 Å². The summed E-state index contributed by atoms with van der Waals surface area (Å²) in [5.74, 6) is -1.78. The minimum Gasteiger partial charge on any atom is -0.451 e. The van der Waals surface area contributed by atoms with E-state index in [9.17, 15) is 18.0 Å². The number of aliphatic imine (C=N–C) groups is 1. The van der Waals surface area contributed by atoms with E-state index in [0.29, 0.717) is 10.0 Å². The number of alkyl halides is 3. The lowest BCUT2D eigenvalue weighted by Crippen LogP contribution is -2.13. The van der Waals surface area contributed by atoms with Gasteiger partial charge in [0.05, 0.1) is 11.3 Å². The number of nitrogens with zero attached hydrogens (tertiary/aromatic N) is 1. The predicted molar refractivity (Wildman–Crippen MR) is 91.7 cm³/mol. The Kier molecular flexibility index (Phi) is 4.51. The smallest absolute Gasteiger partial charge is 0.450 e. The van der Waals surface area contributed by atoms with Gasteiger partial charge in [0, 0.05) is 22.3 Å². The molecule has 0 fully saturated rings. The molecule has 0 aliphatic carbocycles. The van der Waals surface area contributed by atoms with E-state index in [0.717, 1.165) is 0 Å². The topological polar surface area (TPSA) is 42.6 Å². The van der Waals surface area contributed by atoms with Crippen LogP contribution in [-0.2, 0) is 11.0 Å². The van der Waals surface area contributed by atoms with Crippen molar-refractivity contribution < 1.29 is 22.4 Å². The monoisotopic (exact) mass is 409 g/mol. The van der Waals surface area contributed by atoms with E-state index in [1.807, 2.05) is 0 Å². The number of benzene rings is 2. The van der Waals surface area contributed by atoms with Crippen LogP contribution in [0.2, 0.25) is 0 Å². The summed E-state index contributed by atoms with van der Waals surface area (Å²) < 4.78 is 46.3. The molecule has 3 nitrogen and oxygen atoms in total. The van der Waals surface area contributed by atoms with Gasteiger partial charge in [-0.05, 0) is 18.2 Å². The van der Waals surface area contributed by atoms with Crippen molar-refractivity contribution in [1.82, 2.24) is 0 Å². The summed E-state index contributed by atoms with van der Waals surface area (Å²) in [6.45, 7) is 1.19. The van der Waals surface area contributed by atoms with Crippen molar-refractivity contribution >= 4 is 38.5 Å². The largest absolute Gasteiger partial charge is 0.451 e. The predicted octanol–water partition coefficient (Wildman–Crippen LogP) is 5.60. The first-order valence-corrected chi connectivity index (χ1v) is 8.01. The third-order valence-corrected chi connectivity index (χ3v) is 3.95. The quantitative estimate of drug-likeness (QED) is 0.517. The maximum atomic E-state index is 13.6. The number of fused-ring (bicyclic) bond motifs is 1. The van der Waals surface area contributed by atoms with Gasteiger partial charge in [0.2, 0.25) is 11.7 Å². The Morgan fingerprint density at radius 2 is 1.80 bits per heavy atom. The number of halogens is 4. The second-order valence-corrected chi connectivity index (χ2v) is 6.21. The summed E-state index contributed by atoms with van der Waals surface area (Å²) in [4.78, 5) is 15.4. The van der Waals surface area contributed by atoms with Crippen LogP contribution in [0.1, 0.15) is 23.8 Å². The van der Waals surface area contributed by atoms with Crippen LogP contribution in [0.15, 0.2) is 62.4 Å². The lowest BCUT2D eigenvalue weighted by Gasteiger charge is -2.10. The molecule has 1 amide bonds. The lowest BCUT2D eigenvalue weighted by molar-refractivity contribution is -0.152. The third-order valence-electron chi connectivity index (χ3n) is 3.46. The van der Waals surface area contributed by atoms with E-state index in [1.165, 1.54) is 19.1 Å². The average molecular weight is 410 g/mol. The standard InChI is InChI=1S/C18H11BrF3NO2/c1-10(24)23-16(11-5-3-2-4-6-11)15-13-9-12(19)7-8-14(13)25-17(15)18(20,21)22/h2-9H,1H3. The zero-order valence-electron chi connectivity index (χ0n) is 12.9. The molecule has 128 valence electrons. The summed E-state index contributed by atoms with van der Waals surface area (Å²) in [6.07, 6.45) is -4.73. The fourth-order valence-electron chi connectivity index (χ4n) is 2.52. The van der Waals surface area contributed by atoms with Crippen LogP contribution < -0.4 is 0 Å². The highest BCUT2D eigenvalue weighted by molar-refractivity contribution is 9.10. The number of amides is 1. The fourth-order valence-corrected chi connectivity index (χ4v) is 2.88. The second kappa shape index (κ2) is 6.48. The Hall–Kier alpha value is -2.41. The van der Waals surface area contributed by atoms with E-state index >= 15 is 0 Å². The van der Waals surface area contributed by atoms with Crippen LogP contribution in [0.5, 0.6) is 0 Å².